The third kappa shape index (κ3) is 3.80. The zero-order chi connectivity index (χ0) is 21.4. The Morgan fingerprint density at radius 3 is 2.33 bits per heavy atom. The van der Waals surface area contributed by atoms with Crippen LogP contribution >= 0.6 is 0 Å². The summed E-state index contributed by atoms with van der Waals surface area (Å²) in [6.45, 7) is 3.86. The van der Waals surface area contributed by atoms with Crippen molar-refractivity contribution in [3.63, 3.8) is 0 Å². The Bertz CT molecular complexity index is 1170. The van der Waals surface area contributed by atoms with Crippen molar-refractivity contribution in [1.29, 1.82) is 0 Å². The minimum atomic E-state index is -4.51. The molecular weight excluding hydrogens is 391 g/mol. The lowest BCUT2D eigenvalue weighted by atomic mass is 9.87. The van der Waals surface area contributed by atoms with Gasteiger partial charge in [-0.05, 0) is 50.2 Å². The summed E-state index contributed by atoms with van der Waals surface area (Å²) < 4.78 is 40.7. The largest absolute Gasteiger partial charge is 0.433 e. The van der Waals surface area contributed by atoms with Crippen LogP contribution in [0.4, 0.5) is 13.2 Å². The van der Waals surface area contributed by atoms with Gasteiger partial charge in [0.05, 0.1) is 22.5 Å². The number of aromatic nitrogens is 5. The van der Waals surface area contributed by atoms with Crippen LogP contribution in [0.2, 0.25) is 0 Å². The summed E-state index contributed by atoms with van der Waals surface area (Å²) in [5, 5.41) is 4.58. The third-order valence-electron chi connectivity index (χ3n) is 4.81. The fourth-order valence-electron chi connectivity index (χ4n) is 3.06. The Morgan fingerprint density at radius 2 is 1.60 bits per heavy atom. The summed E-state index contributed by atoms with van der Waals surface area (Å²) in [6.07, 6.45) is -1.74. The van der Waals surface area contributed by atoms with Crippen LogP contribution in [0, 0.1) is 0 Å². The van der Waals surface area contributed by atoms with Crippen molar-refractivity contribution in [2.45, 2.75) is 25.4 Å². The van der Waals surface area contributed by atoms with E-state index >= 15 is 0 Å². The van der Waals surface area contributed by atoms with E-state index in [2.05, 4.69) is 20.1 Å². The highest BCUT2D eigenvalue weighted by molar-refractivity contribution is 5.59. The van der Waals surface area contributed by atoms with Gasteiger partial charge in [0, 0.05) is 11.8 Å². The molecule has 0 amide bonds. The maximum absolute atomic E-state index is 13.0. The molecule has 3 heterocycles. The van der Waals surface area contributed by atoms with E-state index in [0.29, 0.717) is 22.8 Å². The van der Waals surface area contributed by atoms with Crippen LogP contribution < -0.4 is 0 Å². The van der Waals surface area contributed by atoms with E-state index in [4.69, 9.17) is 0 Å². The monoisotopic (exact) mass is 409 g/mol. The second-order valence-electron chi connectivity index (χ2n) is 7.31. The average Bonchev–Trinajstić information content (AvgIpc) is 3.25. The van der Waals surface area contributed by atoms with Crippen LogP contribution in [0.15, 0.2) is 73.2 Å². The molecule has 4 aromatic rings. The summed E-state index contributed by atoms with van der Waals surface area (Å²) >= 11 is 0. The van der Waals surface area contributed by atoms with Crippen molar-refractivity contribution < 1.29 is 13.2 Å². The topological polar surface area (TPSA) is 56.5 Å². The fourth-order valence-corrected chi connectivity index (χ4v) is 3.06. The molecule has 5 nitrogen and oxygen atoms in total. The van der Waals surface area contributed by atoms with Crippen LogP contribution in [-0.2, 0) is 11.6 Å². The maximum Gasteiger partial charge on any atom is 0.433 e. The van der Waals surface area contributed by atoms with E-state index in [-0.39, 0.29) is 0 Å². The first-order valence-corrected chi connectivity index (χ1v) is 9.24. The standard InChI is InChI=1S/C22H18F3N5/c1-21(2,20-27-14-30(29-20)16-7-4-3-5-8-16)18-10-6-9-17(28-18)15-11-12-26-19(13-15)22(23,24)25/h3-14H,1-2H3. The Hall–Kier alpha value is -3.55. The average molecular weight is 409 g/mol. The van der Waals surface area contributed by atoms with Gasteiger partial charge in [0.1, 0.15) is 12.0 Å². The Labute approximate surface area is 171 Å². The zero-order valence-corrected chi connectivity index (χ0v) is 16.3. The number of hydrogen-bond donors (Lipinski definition) is 0. The molecule has 0 N–H and O–H groups in total. The molecule has 0 saturated carbocycles. The number of para-hydroxylation sites is 1. The van der Waals surface area contributed by atoms with Crippen molar-refractivity contribution in [3.8, 4) is 16.9 Å². The highest BCUT2D eigenvalue weighted by Gasteiger charge is 2.33. The van der Waals surface area contributed by atoms with Crippen LogP contribution in [0.5, 0.6) is 0 Å². The molecule has 0 aliphatic rings. The molecule has 0 bridgehead atoms. The maximum atomic E-state index is 13.0. The Balaban J connectivity index is 1.69. The molecule has 1 aromatic carbocycles. The zero-order valence-electron chi connectivity index (χ0n) is 16.3. The molecular formula is C22H18F3N5. The predicted octanol–water partition coefficient (Wildman–Crippen LogP) is 5.07. The van der Waals surface area contributed by atoms with E-state index < -0.39 is 17.3 Å². The Kier molecular flexibility index (Phi) is 4.85. The highest BCUT2D eigenvalue weighted by atomic mass is 19.4. The number of nitrogens with zero attached hydrogens (tertiary/aromatic N) is 5. The molecule has 8 heteroatoms. The Morgan fingerprint density at radius 1 is 0.833 bits per heavy atom. The van der Waals surface area contributed by atoms with Crippen LogP contribution in [0.25, 0.3) is 16.9 Å². The van der Waals surface area contributed by atoms with Gasteiger partial charge in [-0.15, -0.1) is 0 Å². The molecule has 0 radical (unpaired) electrons. The molecule has 0 aliphatic heterocycles. The van der Waals surface area contributed by atoms with Gasteiger partial charge < -0.3 is 0 Å². The molecule has 3 aromatic heterocycles. The number of halogens is 3. The second kappa shape index (κ2) is 7.37. The molecule has 0 spiro atoms. The van der Waals surface area contributed by atoms with E-state index in [9.17, 15) is 13.2 Å². The van der Waals surface area contributed by atoms with Gasteiger partial charge in [0.2, 0.25) is 0 Å². The van der Waals surface area contributed by atoms with E-state index in [1.165, 1.54) is 6.07 Å². The van der Waals surface area contributed by atoms with Crippen LogP contribution in [0.1, 0.15) is 31.1 Å². The fraction of sp³-hybridized carbons (Fsp3) is 0.182. The summed E-state index contributed by atoms with van der Waals surface area (Å²) in [7, 11) is 0. The summed E-state index contributed by atoms with van der Waals surface area (Å²) in [6, 6.07) is 17.4. The third-order valence-corrected chi connectivity index (χ3v) is 4.81. The first kappa shape index (κ1) is 19.8. The first-order valence-electron chi connectivity index (χ1n) is 9.24. The molecule has 0 unspecified atom stereocenters. The van der Waals surface area contributed by atoms with Gasteiger partial charge in [0.25, 0.3) is 0 Å². The molecule has 0 saturated heterocycles. The highest BCUT2D eigenvalue weighted by Crippen LogP contribution is 2.32. The molecule has 152 valence electrons. The van der Waals surface area contributed by atoms with E-state index in [1.54, 1.807) is 23.1 Å². The van der Waals surface area contributed by atoms with Gasteiger partial charge in [-0.2, -0.15) is 18.3 Å². The van der Waals surface area contributed by atoms with E-state index in [1.807, 2.05) is 50.2 Å². The smallest absolute Gasteiger partial charge is 0.252 e. The molecule has 0 aliphatic carbocycles. The minimum absolute atomic E-state index is 0.345. The minimum Gasteiger partial charge on any atom is -0.252 e. The van der Waals surface area contributed by atoms with Crippen molar-refractivity contribution in [1.82, 2.24) is 24.7 Å². The number of pyridine rings is 2. The lowest BCUT2D eigenvalue weighted by molar-refractivity contribution is -0.141. The molecule has 4 rings (SSSR count). The van der Waals surface area contributed by atoms with Gasteiger partial charge in [-0.1, -0.05) is 24.3 Å². The van der Waals surface area contributed by atoms with Crippen LogP contribution in [-0.4, -0.2) is 24.7 Å². The SMILES string of the molecule is CC(C)(c1cccc(-c2ccnc(C(F)(F)F)c2)n1)c1ncn(-c2ccccc2)n1. The molecule has 30 heavy (non-hydrogen) atoms. The van der Waals surface area contributed by atoms with E-state index in [0.717, 1.165) is 18.0 Å². The lowest BCUT2D eigenvalue weighted by Gasteiger charge is -2.21. The van der Waals surface area contributed by atoms with Crippen molar-refractivity contribution >= 4 is 0 Å². The molecule has 0 atom stereocenters. The molecule has 0 fully saturated rings. The number of rotatable bonds is 4. The second-order valence-corrected chi connectivity index (χ2v) is 7.31. The number of hydrogen-bond acceptors (Lipinski definition) is 4. The van der Waals surface area contributed by atoms with Gasteiger partial charge in [-0.25, -0.2) is 9.67 Å². The summed E-state index contributed by atoms with van der Waals surface area (Å²) in [5.41, 5.74) is 0.695. The van der Waals surface area contributed by atoms with Gasteiger partial charge in [-0.3, -0.25) is 9.97 Å². The van der Waals surface area contributed by atoms with Gasteiger partial charge in [0.15, 0.2) is 5.82 Å². The van der Waals surface area contributed by atoms with Crippen LogP contribution in [0.3, 0.4) is 0 Å². The lowest BCUT2D eigenvalue weighted by Crippen LogP contribution is -2.23. The first-order chi connectivity index (χ1) is 14.2. The van der Waals surface area contributed by atoms with Crippen molar-refractivity contribution in [3.05, 3.63) is 90.4 Å². The van der Waals surface area contributed by atoms with Crippen molar-refractivity contribution in [2.75, 3.05) is 0 Å². The summed E-state index contributed by atoms with van der Waals surface area (Å²) in [4.78, 5) is 12.5. The predicted molar refractivity (Wildman–Crippen MR) is 106 cm³/mol. The number of alkyl halides is 3. The van der Waals surface area contributed by atoms with Crippen molar-refractivity contribution in [2.24, 2.45) is 0 Å². The van der Waals surface area contributed by atoms with Gasteiger partial charge >= 0.3 is 6.18 Å². The quantitative estimate of drug-likeness (QED) is 0.472. The normalized spacial score (nSPS) is 12.2. The number of benzene rings is 1. The summed E-state index contributed by atoms with van der Waals surface area (Å²) in [5.74, 6) is 0.557.